The van der Waals surface area contributed by atoms with Crippen molar-refractivity contribution in [1.29, 1.82) is 0 Å². The number of amides is 1. The molecular weight excluding hydrogens is 401 g/mol. The maximum atomic E-state index is 11.9. The van der Waals surface area contributed by atoms with Gasteiger partial charge in [-0.25, -0.2) is 4.79 Å². The molecule has 0 atom stereocenters. The number of hydrogen-bond donors (Lipinski definition) is 1. The number of carbonyl (C=O) groups is 1. The van der Waals surface area contributed by atoms with Crippen molar-refractivity contribution < 1.29 is 9.53 Å². The quantitative estimate of drug-likeness (QED) is 0.660. The van der Waals surface area contributed by atoms with Crippen LogP contribution in [0.4, 0.5) is 10.5 Å². The number of anilines is 1. The highest BCUT2D eigenvalue weighted by molar-refractivity contribution is 14.1. The maximum absolute atomic E-state index is 11.9. The van der Waals surface area contributed by atoms with E-state index in [1.165, 1.54) is 0 Å². The molecule has 0 bridgehead atoms. The first kappa shape index (κ1) is 16.1. The van der Waals surface area contributed by atoms with E-state index in [4.69, 9.17) is 16.3 Å². The summed E-state index contributed by atoms with van der Waals surface area (Å²) in [4.78, 5) is 11.9. The van der Waals surface area contributed by atoms with Crippen LogP contribution in [0, 0.1) is 24.3 Å². The molecule has 5 heteroatoms. The number of benzene rings is 2. The topological polar surface area (TPSA) is 38.3 Å². The average Bonchev–Trinajstić information content (AvgIpc) is 2.40. The fourth-order valence-corrected chi connectivity index (χ4v) is 2.58. The van der Waals surface area contributed by atoms with Crippen LogP contribution in [0.15, 0.2) is 30.3 Å². The molecule has 0 radical (unpaired) electrons. The zero-order valence-corrected chi connectivity index (χ0v) is 14.9. The number of hydrogen-bond acceptors (Lipinski definition) is 2. The average molecular weight is 416 g/mol. The molecule has 0 aliphatic heterocycles. The van der Waals surface area contributed by atoms with E-state index in [0.29, 0.717) is 16.5 Å². The van der Waals surface area contributed by atoms with Gasteiger partial charge in [-0.2, -0.15) is 0 Å². The van der Waals surface area contributed by atoms with Crippen LogP contribution in [0.2, 0.25) is 5.02 Å². The van der Waals surface area contributed by atoms with Crippen molar-refractivity contribution in [2.24, 2.45) is 0 Å². The maximum Gasteiger partial charge on any atom is 0.417 e. The molecule has 21 heavy (non-hydrogen) atoms. The van der Waals surface area contributed by atoms with Crippen LogP contribution in [0.25, 0.3) is 0 Å². The van der Waals surface area contributed by atoms with Crippen molar-refractivity contribution in [3.05, 3.63) is 55.6 Å². The van der Waals surface area contributed by atoms with E-state index in [2.05, 4.69) is 27.9 Å². The van der Waals surface area contributed by atoms with E-state index in [1.54, 1.807) is 12.1 Å². The monoisotopic (exact) mass is 415 g/mol. The first-order valence-corrected chi connectivity index (χ1v) is 7.84. The Morgan fingerprint density at radius 3 is 2.48 bits per heavy atom. The SMILES string of the molecule is Cc1ccc(NC(=O)Oc2cc(C)c(I)cc2C)cc1Cl. The molecule has 0 heterocycles. The van der Waals surface area contributed by atoms with Crippen molar-refractivity contribution in [3.63, 3.8) is 0 Å². The Hall–Kier alpha value is -1.27. The summed E-state index contributed by atoms with van der Waals surface area (Å²) in [7, 11) is 0. The van der Waals surface area contributed by atoms with Crippen LogP contribution in [-0.4, -0.2) is 6.09 Å². The predicted molar refractivity (Wildman–Crippen MR) is 94.5 cm³/mol. The van der Waals surface area contributed by atoms with Crippen molar-refractivity contribution >= 4 is 46.0 Å². The van der Waals surface area contributed by atoms with Gasteiger partial charge < -0.3 is 4.74 Å². The normalized spacial score (nSPS) is 10.3. The van der Waals surface area contributed by atoms with Gasteiger partial charge >= 0.3 is 6.09 Å². The Kier molecular flexibility index (Phi) is 5.11. The summed E-state index contributed by atoms with van der Waals surface area (Å²) in [5.74, 6) is 0.559. The van der Waals surface area contributed by atoms with E-state index >= 15 is 0 Å². The number of halogens is 2. The van der Waals surface area contributed by atoms with Crippen molar-refractivity contribution in [3.8, 4) is 5.75 Å². The van der Waals surface area contributed by atoms with Crippen molar-refractivity contribution in [1.82, 2.24) is 0 Å². The standard InChI is InChI=1S/C16H15ClINO2/c1-9-4-5-12(8-13(9)17)19-16(20)21-15-7-10(2)14(18)6-11(15)3/h4-8H,1-3H3,(H,19,20). The highest BCUT2D eigenvalue weighted by Gasteiger charge is 2.10. The lowest BCUT2D eigenvalue weighted by molar-refractivity contribution is 0.215. The van der Waals surface area contributed by atoms with Gasteiger partial charge in [-0.05, 0) is 84.3 Å². The lowest BCUT2D eigenvalue weighted by Crippen LogP contribution is -2.17. The minimum Gasteiger partial charge on any atom is -0.410 e. The van der Waals surface area contributed by atoms with Gasteiger partial charge in [-0.1, -0.05) is 17.7 Å². The molecule has 0 aliphatic rings. The highest BCUT2D eigenvalue weighted by atomic mass is 127. The van der Waals surface area contributed by atoms with Gasteiger partial charge in [0.1, 0.15) is 5.75 Å². The summed E-state index contributed by atoms with van der Waals surface area (Å²) in [6.45, 7) is 5.79. The third kappa shape index (κ3) is 4.11. The van der Waals surface area contributed by atoms with Crippen LogP contribution in [-0.2, 0) is 0 Å². The number of nitrogens with one attached hydrogen (secondary N) is 1. The van der Waals surface area contributed by atoms with Gasteiger partial charge in [0.2, 0.25) is 0 Å². The Labute approximate surface area is 142 Å². The van der Waals surface area contributed by atoms with E-state index < -0.39 is 6.09 Å². The fraction of sp³-hybridized carbons (Fsp3) is 0.188. The van der Waals surface area contributed by atoms with Gasteiger partial charge in [0.15, 0.2) is 0 Å². The zero-order valence-electron chi connectivity index (χ0n) is 12.0. The molecule has 2 aromatic rings. The second-order valence-corrected chi connectivity index (χ2v) is 6.41. The molecule has 0 saturated heterocycles. The molecule has 1 N–H and O–H groups in total. The third-order valence-corrected chi connectivity index (χ3v) is 4.65. The molecule has 0 saturated carbocycles. The summed E-state index contributed by atoms with van der Waals surface area (Å²) in [5, 5.41) is 3.28. The van der Waals surface area contributed by atoms with Crippen LogP contribution in [0.1, 0.15) is 16.7 Å². The Bertz CT molecular complexity index is 701. The number of ether oxygens (including phenoxy) is 1. The molecule has 0 spiro atoms. The number of rotatable bonds is 2. The van der Waals surface area contributed by atoms with Gasteiger partial charge in [0.05, 0.1) is 0 Å². The summed E-state index contributed by atoms with van der Waals surface area (Å²) >= 11 is 8.28. The highest BCUT2D eigenvalue weighted by Crippen LogP contribution is 2.25. The zero-order chi connectivity index (χ0) is 15.6. The largest absolute Gasteiger partial charge is 0.417 e. The van der Waals surface area contributed by atoms with Crippen LogP contribution < -0.4 is 10.1 Å². The molecule has 0 aromatic heterocycles. The Balaban J connectivity index is 2.11. The predicted octanol–water partition coefficient (Wildman–Crippen LogP) is 5.48. The molecule has 2 rings (SSSR count). The first-order chi connectivity index (χ1) is 9.86. The van der Waals surface area contributed by atoms with Crippen LogP contribution in [0.3, 0.4) is 0 Å². The third-order valence-electron chi connectivity index (χ3n) is 3.08. The first-order valence-electron chi connectivity index (χ1n) is 6.38. The molecule has 1 amide bonds. The van der Waals surface area contributed by atoms with E-state index in [-0.39, 0.29) is 0 Å². The van der Waals surface area contributed by atoms with Gasteiger partial charge in [-0.15, -0.1) is 0 Å². The van der Waals surface area contributed by atoms with Gasteiger partial charge in [-0.3, -0.25) is 5.32 Å². The molecule has 2 aromatic carbocycles. The molecule has 0 fully saturated rings. The van der Waals surface area contributed by atoms with Crippen LogP contribution >= 0.6 is 34.2 Å². The number of carbonyl (C=O) groups excluding carboxylic acids is 1. The summed E-state index contributed by atoms with van der Waals surface area (Å²) in [6, 6.07) is 9.18. The van der Waals surface area contributed by atoms with Gasteiger partial charge in [0.25, 0.3) is 0 Å². The molecule has 0 aliphatic carbocycles. The lowest BCUT2D eigenvalue weighted by Gasteiger charge is -2.11. The molecule has 3 nitrogen and oxygen atoms in total. The van der Waals surface area contributed by atoms with E-state index in [9.17, 15) is 4.79 Å². The number of aryl methyl sites for hydroxylation is 3. The van der Waals surface area contributed by atoms with Gasteiger partial charge in [0, 0.05) is 14.3 Å². The minimum atomic E-state index is -0.529. The van der Waals surface area contributed by atoms with E-state index in [1.807, 2.05) is 39.0 Å². The van der Waals surface area contributed by atoms with Crippen molar-refractivity contribution in [2.45, 2.75) is 20.8 Å². The Morgan fingerprint density at radius 2 is 1.81 bits per heavy atom. The second kappa shape index (κ2) is 6.66. The second-order valence-electron chi connectivity index (χ2n) is 4.85. The summed E-state index contributed by atoms with van der Waals surface area (Å²) < 4.78 is 6.50. The lowest BCUT2D eigenvalue weighted by atomic mass is 10.1. The fourth-order valence-electron chi connectivity index (χ4n) is 1.78. The van der Waals surface area contributed by atoms with E-state index in [0.717, 1.165) is 20.3 Å². The minimum absolute atomic E-state index is 0.529. The van der Waals surface area contributed by atoms with Crippen molar-refractivity contribution in [2.75, 3.05) is 5.32 Å². The smallest absolute Gasteiger partial charge is 0.410 e. The van der Waals surface area contributed by atoms with Crippen LogP contribution in [0.5, 0.6) is 5.75 Å². The summed E-state index contributed by atoms with van der Waals surface area (Å²) in [6.07, 6.45) is -0.529. The molecule has 0 unspecified atom stereocenters. The molecular formula is C16H15ClINO2. The molecule has 110 valence electrons. The Morgan fingerprint density at radius 1 is 1.10 bits per heavy atom. The summed E-state index contributed by atoms with van der Waals surface area (Å²) in [5.41, 5.74) is 3.56.